The molecule has 0 fully saturated rings. The van der Waals surface area contributed by atoms with Crippen molar-refractivity contribution in [1.29, 1.82) is 0 Å². The Morgan fingerprint density at radius 2 is 2.05 bits per heavy atom. The first-order valence-electron chi connectivity index (χ1n) is 7.15. The van der Waals surface area contributed by atoms with Crippen LogP contribution in [0.15, 0.2) is 30.3 Å². The van der Waals surface area contributed by atoms with Gasteiger partial charge in [-0.1, -0.05) is 30.7 Å². The Hall–Kier alpha value is -0.830. The Morgan fingerprint density at radius 3 is 2.65 bits per heavy atom. The van der Waals surface area contributed by atoms with Crippen molar-refractivity contribution in [3.05, 3.63) is 56.2 Å². The minimum absolute atomic E-state index is 0.380. The number of rotatable bonds is 6. The molecule has 0 bridgehead atoms. The van der Waals surface area contributed by atoms with E-state index in [9.17, 15) is 0 Å². The molecule has 0 aliphatic heterocycles. The third kappa shape index (κ3) is 4.08. The van der Waals surface area contributed by atoms with Gasteiger partial charge in [0.1, 0.15) is 0 Å². The lowest BCUT2D eigenvalue weighted by molar-refractivity contribution is 0.536. The molecule has 0 saturated heterocycles. The molecular formula is C17H22ClNS. The Bertz CT molecular complexity index is 542. The molecule has 0 amide bonds. The zero-order chi connectivity index (χ0) is 14.5. The molecule has 1 aromatic carbocycles. The second kappa shape index (κ2) is 7.26. The van der Waals surface area contributed by atoms with E-state index in [1.807, 2.05) is 23.5 Å². The fourth-order valence-corrected chi connectivity index (χ4v) is 3.60. The monoisotopic (exact) mass is 307 g/mol. The van der Waals surface area contributed by atoms with Crippen molar-refractivity contribution in [3.63, 3.8) is 0 Å². The topological polar surface area (TPSA) is 12.0 Å². The maximum absolute atomic E-state index is 6.09. The van der Waals surface area contributed by atoms with Crippen molar-refractivity contribution < 1.29 is 0 Å². The molecular weight excluding hydrogens is 286 g/mol. The Labute approximate surface area is 131 Å². The molecule has 0 radical (unpaired) electrons. The summed E-state index contributed by atoms with van der Waals surface area (Å²) in [6.07, 6.45) is 2.13. The summed E-state index contributed by atoms with van der Waals surface area (Å²) in [7, 11) is 0. The molecule has 2 rings (SSSR count). The minimum Gasteiger partial charge on any atom is -0.309 e. The Balaban J connectivity index is 2.19. The molecule has 1 nitrogen and oxygen atoms in total. The first-order chi connectivity index (χ1) is 9.60. The molecule has 0 aliphatic rings. The summed E-state index contributed by atoms with van der Waals surface area (Å²) in [5, 5.41) is 4.48. The van der Waals surface area contributed by atoms with E-state index in [0.29, 0.717) is 6.04 Å². The highest BCUT2D eigenvalue weighted by molar-refractivity contribution is 7.12. The van der Waals surface area contributed by atoms with Crippen LogP contribution >= 0.6 is 22.9 Å². The van der Waals surface area contributed by atoms with Crippen LogP contribution in [0.4, 0.5) is 0 Å². The third-order valence-electron chi connectivity index (χ3n) is 3.50. The van der Waals surface area contributed by atoms with Gasteiger partial charge in [-0.25, -0.2) is 0 Å². The number of hydrogen-bond acceptors (Lipinski definition) is 2. The van der Waals surface area contributed by atoms with E-state index < -0.39 is 0 Å². The lowest BCUT2D eigenvalue weighted by Gasteiger charge is -2.17. The zero-order valence-electron chi connectivity index (χ0n) is 12.4. The maximum atomic E-state index is 6.09. The Kier molecular flexibility index (Phi) is 5.64. The van der Waals surface area contributed by atoms with Crippen LogP contribution in [0, 0.1) is 13.8 Å². The number of halogens is 1. The first kappa shape index (κ1) is 15.6. The quantitative estimate of drug-likeness (QED) is 0.763. The largest absolute Gasteiger partial charge is 0.309 e. The maximum Gasteiger partial charge on any atom is 0.0455 e. The summed E-state index contributed by atoms with van der Waals surface area (Å²) in [5.41, 5.74) is 2.68. The average molecular weight is 308 g/mol. The van der Waals surface area contributed by atoms with Gasteiger partial charge in [0.15, 0.2) is 0 Å². The summed E-state index contributed by atoms with van der Waals surface area (Å²) in [4.78, 5) is 2.84. The predicted octanol–water partition coefficient (Wildman–Crippen LogP) is 5.30. The van der Waals surface area contributed by atoms with Gasteiger partial charge in [-0.05, 0) is 62.6 Å². The fourth-order valence-electron chi connectivity index (χ4n) is 2.27. The summed E-state index contributed by atoms with van der Waals surface area (Å²) in [5.74, 6) is 0. The number of nitrogens with one attached hydrogen (secondary N) is 1. The zero-order valence-corrected chi connectivity index (χ0v) is 13.9. The minimum atomic E-state index is 0.380. The fraction of sp³-hybridized carbons (Fsp3) is 0.412. The van der Waals surface area contributed by atoms with Gasteiger partial charge in [0, 0.05) is 20.8 Å². The molecule has 108 valence electrons. The van der Waals surface area contributed by atoms with Gasteiger partial charge in [-0.3, -0.25) is 0 Å². The van der Waals surface area contributed by atoms with Gasteiger partial charge in [0.2, 0.25) is 0 Å². The molecule has 0 saturated carbocycles. The van der Waals surface area contributed by atoms with E-state index in [4.69, 9.17) is 11.6 Å². The number of hydrogen-bond donors (Lipinski definition) is 1. The molecule has 0 aliphatic carbocycles. The highest BCUT2D eigenvalue weighted by Gasteiger charge is 2.15. The molecule has 0 spiro atoms. The first-order valence-corrected chi connectivity index (χ1v) is 8.34. The Morgan fingerprint density at radius 1 is 1.25 bits per heavy atom. The van der Waals surface area contributed by atoms with Crippen molar-refractivity contribution in [2.45, 2.75) is 39.7 Å². The van der Waals surface area contributed by atoms with Crippen molar-refractivity contribution in [2.75, 3.05) is 6.54 Å². The van der Waals surface area contributed by atoms with Crippen LogP contribution in [0.1, 0.15) is 40.3 Å². The van der Waals surface area contributed by atoms with Crippen LogP contribution in [0.3, 0.4) is 0 Å². The van der Waals surface area contributed by atoms with Crippen molar-refractivity contribution >= 4 is 22.9 Å². The molecule has 1 heterocycles. The van der Waals surface area contributed by atoms with E-state index in [0.717, 1.165) is 24.4 Å². The normalized spacial score (nSPS) is 12.6. The third-order valence-corrected chi connectivity index (χ3v) is 5.00. The van der Waals surface area contributed by atoms with E-state index >= 15 is 0 Å². The molecule has 1 atom stereocenters. The number of aryl methyl sites for hydroxylation is 2. The molecule has 3 heteroatoms. The predicted molar refractivity (Wildman–Crippen MR) is 90.0 cm³/mol. The van der Waals surface area contributed by atoms with Crippen LogP contribution < -0.4 is 5.32 Å². The van der Waals surface area contributed by atoms with Crippen molar-refractivity contribution in [2.24, 2.45) is 0 Å². The molecule has 1 aromatic heterocycles. The van der Waals surface area contributed by atoms with Gasteiger partial charge in [-0.2, -0.15) is 0 Å². The van der Waals surface area contributed by atoms with E-state index in [1.54, 1.807) is 0 Å². The average Bonchev–Trinajstić information content (AvgIpc) is 2.74. The number of benzene rings is 1. The van der Waals surface area contributed by atoms with Gasteiger partial charge >= 0.3 is 0 Å². The van der Waals surface area contributed by atoms with Crippen LogP contribution in [0.5, 0.6) is 0 Å². The highest BCUT2D eigenvalue weighted by atomic mass is 35.5. The van der Waals surface area contributed by atoms with Gasteiger partial charge in [0.25, 0.3) is 0 Å². The second-order valence-corrected chi connectivity index (χ2v) is 6.95. The van der Waals surface area contributed by atoms with Gasteiger partial charge < -0.3 is 5.32 Å². The standard InChI is InChI=1S/C17H22ClNS/c1-4-8-19-16(17-9-12(2)13(3)20-17)11-14-6-5-7-15(18)10-14/h5-7,9-10,16,19H,4,8,11H2,1-3H3. The summed E-state index contributed by atoms with van der Waals surface area (Å²) >= 11 is 7.99. The number of thiophene rings is 1. The molecule has 1 unspecified atom stereocenters. The van der Waals surface area contributed by atoms with Crippen LogP contribution in [0.2, 0.25) is 5.02 Å². The van der Waals surface area contributed by atoms with Gasteiger partial charge in [0.05, 0.1) is 0 Å². The smallest absolute Gasteiger partial charge is 0.0455 e. The van der Waals surface area contributed by atoms with E-state index in [-0.39, 0.29) is 0 Å². The van der Waals surface area contributed by atoms with E-state index in [2.05, 4.69) is 44.3 Å². The SMILES string of the molecule is CCCNC(Cc1cccc(Cl)c1)c1cc(C)c(C)s1. The van der Waals surface area contributed by atoms with E-state index in [1.165, 1.54) is 20.9 Å². The summed E-state index contributed by atoms with van der Waals surface area (Å²) in [6.45, 7) is 7.63. The van der Waals surface area contributed by atoms with Crippen LogP contribution in [-0.4, -0.2) is 6.54 Å². The molecule has 2 aromatic rings. The molecule has 1 N–H and O–H groups in total. The highest BCUT2D eigenvalue weighted by Crippen LogP contribution is 2.29. The lowest BCUT2D eigenvalue weighted by atomic mass is 10.0. The summed E-state index contributed by atoms with van der Waals surface area (Å²) < 4.78 is 0. The lowest BCUT2D eigenvalue weighted by Crippen LogP contribution is -2.23. The van der Waals surface area contributed by atoms with Crippen LogP contribution in [0.25, 0.3) is 0 Å². The van der Waals surface area contributed by atoms with Crippen molar-refractivity contribution in [1.82, 2.24) is 5.32 Å². The van der Waals surface area contributed by atoms with Crippen molar-refractivity contribution in [3.8, 4) is 0 Å². The second-order valence-electron chi connectivity index (χ2n) is 5.23. The van der Waals surface area contributed by atoms with Crippen LogP contribution in [-0.2, 0) is 6.42 Å². The van der Waals surface area contributed by atoms with Gasteiger partial charge in [-0.15, -0.1) is 11.3 Å². The molecule has 20 heavy (non-hydrogen) atoms. The summed E-state index contributed by atoms with van der Waals surface area (Å²) in [6, 6.07) is 10.9.